The molecule has 3 heteroatoms. The van der Waals surface area contributed by atoms with E-state index in [0.717, 1.165) is 22.3 Å². The fourth-order valence-corrected chi connectivity index (χ4v) is 2.79. The molecule has 0 fully saturated rings. The van der Waals surface area contributed by atoms with E-state index >= 15 is 0 Å². The van der Waals surface area contributed by atoms with Gasteiger partial charge in [0.25, 0.3) is 0 Å². The summed E-state index contributed by atoms with van der Waals surface area (Å²) in [6.07, 6.45) is -0.0944. The molecule has 1 nitrogen and oxygen atoms in total. The van der Waals surface area contributed by atoms with Gasteiger partial charge in [-0.05, 0) is 59.0 Å². The molecule has 2 rings (SSSR count). The van der Waals surface area contributed by atoms with E-state index in [1.807, 2.05) is 24.6 Å². The molecule has 0 aliphatic heterocycles. The van der Waals surface area contributed by atoms with Crippen LogP contribution in [-0.2, 0) is 6.42 Å². The lowest BCUT2D eigenvalue weighted by atomic mass is 9.98. The molecule has 90 valence electrons. The number of benzene rings is 1. The fourth-order valence-electron chi connectivity index (χ4n) is 1.89. The van der Waals surface area contributed by atoms with Crippen molar-refractivity contribution >= 4 is 11.3 Å². The maximum atomic E-state index is 13.1. The summed E-state index contributed by atoms with van der Waals surface area (Å²) in [5.74, 6) is -0.250. The Labute approximate surface area is 105 Å². The number of hydrogen-bond donors (Lipinski definition) is 1. The molecule has 0 amide bonds. The number of thiophene rings is 1. The van der Waals surface area contributed by atoms with E-state index in [1.165, 1.54) is 12.1 Å². The van der Waals surface area contributed by atoms with Crippen LogP contribution < -0.4 is 0 Å². The van der Waals surface area contributed by atoms with Gasteiger partial charge in [-0.3, -0.25) is 0 Å². The summed E-state index contributed by atoms with van der Waals surface area (Å²) in [6, 6.07) is 4.69. The van der Waals surface area contributed by atoms with Crippen molar-refractivity contribution in [3.05, 3.63) is 57.0 Å². The predicted octanol–water partition coefficient (Wildman–Crippen LogP) is 3.78. The van der Waals surface area contributed by atoms with E-state index < -0.39 is 6.10 Å². The van der Waals surface area contributed by atoms with E-state index in [0.29, 0.717) is 6.42 Å². The Morgan fingerprint density at radius 2 is 2.00 bits per heavy atom. The van der Waals surface area contributed by atoms with E-state index in [-0.39, 0.29) is 5.82 Å². The van der Waals surface area contributed by atoms with Gasteiger partial charge in [0.2, 0.25) is 0 Å². The summed E-state index contributed by atoms with van der Waals surface area (Å²) in [5.41, 5.74) is 3.91. The summed E-state index contributed by atoms with van der Waals surface area (Å²) in [4.78, 5) is 0. The minimum Gasteiger partial charge on any atom is -0.388 e. The number of halogens is 1. The molecule has 0 bridgehead atoms. The van der Waals surface area contributed by atoms with Gasteiger partial charge in [-0.15, -0.1) is 0 Å². The first-order chi connectivity index (χ1) is 8.08. The zero-order valence-corrected chi connectivity index (χ0v) is 10.7. The van der Waals surface area contributed by atoms with Crippen LogP contribution in [0.4, 0.5) is 4.39 Å². The van der Waals surface area contributed by atoms with Crippen LogP contribution in [0.5, 0.6) is 0 Å². The van der Waals surface area contributed by atoms with Crippen LogP contribution >= 0.6 is 11.3 Å². The van der Waals surface area contributed by atoms with Gasteiger partial charge in [-0.1, -0.05) is 6.07 Å². The molecule has 1 aromatic carbocycles. The summed E-state index contributed by atoms with van der Waals surface area (Å²) in [7, 11) is 0. The van der Waals surface area contributed by atoms with Gasteiger partial charge in [-0.2, -0.15) is 11.3 Å². The molecule has 1 aromatic heterocycles. The molecular weight excluding hydrogens is 235 g/mol. The van der Waals surface area contributed by atoms with Crippen molar-refractivity contribution in [2.75, 3.05) is 0 Å². The number of hydrogen-bond acceptors (Lipinski definition) is 2. The summed E-state index contributed by atoms with van der Waals surface area (Å²) in [6.45, 7) is 3.91. The lowest BCUT2D eigenvalue weighted by molar-refractivity contribution is 0.178. The molecule has 1 atom stereocenters. The lowest BCUT2D eigenvalue weighted by Gasteiger charge is -2.12. The summed E-state index contributed by atoms with van der Waals surface area (Å²) < 4.78 is 13.1. The molecule has 1 unspecified atom stereocenters. The molecular formula is C14H15FOS. The largest absolute Gasteiger partial charge is 0.388 e. The second-order valence-corrected chi connectivity index (χ2v) is 5.04. The maximum absolute atomic E-state index is 13.1. The van der Waals surface area contributed by atoms with Gasteiger partial charge < -0.3 is 5.11 Å². The van der Waals surface area contributed by atoms with Crippen molar-refractivity contribution in [1.82, 2.24) is 0 Å². The Bertz CT molecular complexity index is 519. The first kappa shape index (κ1) is 12.3. The first-order valence-electron chi connectivity index (χ1n) is 5.53. The Balaban J connectivity index is 2.21. The summed E-state index contributed by atoms with van der Waals surface area (Å²) >= 11 is 1.58. The zero-order chi connectivity index (χ0) is 12.4. The molecule has 1 heterocycles. The molecule has 0 radical (unpaired) electrons. The van der Waals surface area contributed by atoms with Crippen LogP contribution in [0.25, 0.3) is 0 Å². The Morgan fingerprint density at radius 3 is 2.65 bits per heavy atom. The number of aryl methyl sites for hydroxylation is 2. The van der Waals surface area contributed by atoms with Crippen molar-refractivity contribution in [2.45, 2.75) is 26.4 Å². The number of aliphatic hydroxyl groups is 1. The second kappa shape index (κ2) is 4.98. The standard InChI is InChI=1S/C14H15FOS/c1-9-3-4-12(15)5-11(9)6-14(16)13-8-17-7-10(13)2/h3-5,7-8,14,16H,6H2,1-2H3. The molecule has 0 saturated heterocycles. The average Bonchev–Trinajstić information content (AvgIpc) is 2.70. The third-order valence-electron chi connectivity index (χ3n) is 2.98. The van der Waals surface area contributed by atoms with Gasteiger partial charge in [0.05, 0.1) is 6.10 Å². The highest BCUT2D eigenvalue weighted by molar-refractivity contribution is 7.08. The van der Waals surface area contributed by atoms with Gasteiger partial charge in [0.15, 0.2) is 0 Å². The Hall–Kier alpha value is -1.19. The third kappa shape index (κ3) is 2.73. The first-order valence-corrected chi connectivity index (χ1v) is 6.48. The average molecular weight is 250 g/mol. The Kier molecular flexibility index (Phi) is 3.60. The molecule has 2 aromatic rings. The van der Waals surface area contributed by atoms with E-state index in [2.05, 4.69) is 0 Å². The normalized spacial score (nSPS) is 12.7. The molecule has 0 saturated carbocycles. The highest BCUT2D eigenvalue weighted by Gasteiger charge is 2.13. The van der Waals surface area contributed by atoms with E-state index in [9.17, 15) is 9.50 Å². The van der Waals surface area contributed by atoms with Crippen LogP contribution in [0.1, 0.15) is 28.4 Å². The molecule has 17 heavy (non-hydrogen) atoms. The molecule has 0 aliphatic carbocycles. The molecule has 0 spiro atoms. The minimum absolute atomic E-state index is 0.250. The zero-order valence-electron chi connectivity index (χ0n) is 9.90. The van der Waals surface area contributed by atoms with Crippen LogP contribution in [0.2, 0.25) is 0 Å². The Morgan fingerprint density at radius 1 is 1.24 bits per heavy atom. The van der Waals surface area contributed by atoms with Crippen LogP contribution in [0, 0.1) is 19.7 Å². The quantitative estimate of drug-likeness (QED) is 0.879. The van der Waals surface area contributed by atoms with Crippen molar-refractivity contribution in [3.63, 3.8) is 0 Å². The lowest BCUT2D eigenvalue weighted by Crippen LogP contribution is -2.03. The topological polar surface area (TPSA) is 20.2 Å². The van der Waals surface area contributed by atoms with Gasteiger partial charge in [-0.25, -0.2) is 4.39 Å². The van der Waals surface area contributed by atoms with Crippen LogP contribution in [0.15, 0.2) is 29.0 Å². The SMILES string of the molecule is Cc1ccc(F)cc1CC(O)c1cscc1C. The molecule has 0 aliphatic rings. The monoisotopic (exact) mass is 250 g/mol. The van der Waals surface area contributed by atoms with Crippen LogP contribution in [-0.4, -0.2) is 5.11 Å². The summed E-state index contributed by atoms with van der Waals surface area (Å²) in [5, 5.41) is 14.1. The molecule has 1 N–H and O–H groups in total. The van der Waals surface area contributed by atoms with Crippen molar-refractivity contribution in [1.29, 1.82) is 0 Å². The highest BCUT2D eigenvalue weighted by Crippen LogP contribution is 2.26. The van der Waals surface area contributed by atoms with Crippen molar-refractivity contribution in [2.24, 2.45) is 0 Å². The van der Waals surface area contributed by atoms with Gasteiger partial charge >= 0.3 is 0 Å². The van der Waals surface area contributed by atoms with E-state index in [1.54, 1.807) is 17.4 Å². The van der Waals surface area contributed by atoms with Crippen LogP contribution in [0.3, 0.4) is 0 Å². The van der Waals surface area contributed by atoms with Crippen molar-refractivity contribution < 1.29 is 9.50 Å². The third-order valence-corrected chi connectivity index (χ3v) is 3.86. The van der Waals surface area contributed by atoms with Crippen molar-refractivity contribution in [3.8, 4) is 0 Å². The fraction of sp³-hybridized carbons (Fsp3) is 0.286. The maximum Gasteiger partial charge on any atom is 0.123 e. The highest BCUT2D eigenvalue weighted by atomic mass is 32.1. The van der Waals surface area contributed by atoms with Gasteiger partial charge in [0.1, 0.15) is 5.82 Å². The van der Waals surface area contributed by atoms with Gasteiger partial charge in [0, 0.05) is 6.42 Å². The minimum atomic E-state index is -0.554. The second-order valence-electron chi connectivity index (χ2n) is 4.30. The smallest absolute Gasteiger partial charge is 0.123 e. The number of aliphatic hydroxyl groups excluding tert-OH is 1. The number of rotatable bonds is 3. The predicted molar refractivity (Wildman–Crippen MR) is 68.9 cm³/mol. The van der Waals surface area contributed by atoms with E-state index in [4.69, 9.17) is 0 Å².